The number of nitrogens with one attached hydrogen (secondary N) is 1. The first kappa shape index (κ1) is 11.4. The largest absolute Gasteiger partial charge is 0.326 e. The molecular formula is C15H14NO. The predicted octanol–water partition coefficient (Wildman–Crippen LogP) is 3.42. The van der Waals surface area contributed by atoms with E-state index in [0.29, 0.717) is 0 Å². The molecule has 0 saturated heterocycles. The first-order chi connectivity index (χ1) is 8.16. The van der Waals surface area contributed by atoms with Crippen molar-refractivity contribution in [3.05, 3.63) is 54.1 Å². The highest BCUT2D eigenvalue weighted by atomic mass is 16.1. The molecule has 0 heterocycles. The van der Waals surface area contributed by atoms with E-state index < -0.39 is 0 Å². The summed E-state index contributed by atoms with van der Waals surface area (Å²) in [7, 11) is 0. The predicted molar refractivity (Wildman–Crippen MR) is 69.8 cm³/mol. The van der Waals surface area contributed by atoms with Crippen molar-refractivity contribution in [2.24, 2.45) is 0 Å². The molecule has 0 aromatic heterocycles. The number of amides is 1. The van der Waals surface area contributed by atoms with Gasteiger partial charge in [-0.2, -0.15) is 0 Å². The van der Waals surface area contributed by atoms with Crippen LogP contribution in [-0.2, 0) is 4.79 Å². The summed E-state index contributed by atoms with van der Waals surface area (Å²) < 4.78 is 0. The molecule has 0 aliphatic heterocycles. The van der Waals surface area contributed by atoms with Crippen molar-refractivity contribution in [1.82, 2.24) is 0 Å². The number of carbonyl (C=O) groups is 1. The van der Waals surface area contributed by atoms with Gasteiger partial charge in [0.05, 0.1) is 0 Å². The average molecular weight is 224 g/mol. The molecule has 1 radical (unpaired) electrons. The Bertz CT molecular complexity index is 532. The zero-order valence-electron chi connectivity index (χ0n) is 9.95. The van der Waals surface area contributed by atoms with Crippen molar-refractivity contribution in [3.63, 3.8) is 0 Å². The van der Waals surface area contributed by atoms with Gasteiger partial charge in [-0.1, -0.05) is 36.4 Å². The van der Waals surface area contributed by atoms with Gasteiger partial charge in [0.25, 0.3) is 0 Å². The minimum absolute atomic E-state index is 0.0758. The molecule has 2 nitrogen and oxygen atoms in total. The second kappa shape index (κ2) is 4.83. The molecule has 0 bridgehead atoms. The molecular weight excluding hydrogens is 210 g/mol. The van der Waals surface area contributed by atoms with Crippen LogP contribution in [-0.4, -0.2) is 5.91 Å². The zero-order chi connectivity index (χ0) is 12.3. The second-order valence-corrected chi connectivity index (χ2v) is 3.96. The number of hydrogen-bond acceptors (Lipinski definition) is 1. The molecule has 0 saturated carbocycles. The van der Waals surface area contributed by atoms with E-state index in [1.54, 1.807) is 0 Å². The van der Waals surface area contributed by atoms with Crippen LogP contribution in [0.25, 0.3) is 11.1 Å². The molecule has 85 valence electrons. The van der Waals surface area contributed by atoms with Crippen molar-refractivity contribution >= 4 is 11.6 Å². The summed E-state index contributed by atoms with van der Waals surface area (Å²) in [4.78, 5) is 10.9. The number of rotatable bonds is 2. The lowest BCUT2D eigenvalue weighted by Crippen LogP contribution is -2.06. The topological polar surface area (TPSA) is 29.1 Å². The Morgan fingerprint density at radius 1 is 1.12 bits per heavy atom. The molecule has 2 heteroatoms. The van der Waals surface area contributed by atoms with Gasteiger partial charge in [0.2, 0.25) is 5.91 Å². The van der Waals surface area contributed by atoms with Crippen molar-refractivity contribution < 1.29 is 4.79 Å². The number of benzene rings is 2. The quantitative estimate of drug-likeness (QED) is 0.832. The van der Waals surface area contributed by atoms with E-state index in [2.05, 4.69) is 23.5 Å². The Labute approximate surface area is 101 Å². The summed E-state index contributed by atoms with van der Waals surface area (Å²) in [6.07, 6.45) is 0. The summed E-state index contributed by atoms with van der Waals surface area (Å²) in [5, 5.41) is 2.73. The molecule has 2 aromatic rings. The van der Waals surface area contributed by atoms with Crippen LogP contribution >= 0.6 is 0 Å². The van der Waals surface area contributed by atoms with Gasteiger partial charge in [-0.25, -0.2) is 0 Å². The van der Waals surface area contributed by atoms with Gasteiger partial charge in [-0.15, -0.1) is 0 Å². The molecule has 1 N–H and O–H groups in total. The summed E-state index contributed by atoms with van der Waals surface area (Å²) in [6, 6.07) is 17.2. The first-order valence-electron chi connectivity index (χ1n) is 5.53. The molecule has 0 unspecified atom stereocenters. The lowest BCUT2D eigenvalue weighted by molar-refractivity contribution is -0.114. The molecule has 0 fully saturated rings. The lowest BCUT2D eigenvalue weighted by Gasteiger charge is -2.08. The van der Waals surface area contributed by atoms with E-state index in [1.165, 1.54) is 6.92 Å². The second-order valence-electron chi connectivity index (χ2n) is 3.96. The summed E-state index contributed by atoms with van der Waals surface area (Å²) in [6.45, 7) is 3.49. The highest BCUT2D eigenvalue weighted by molar-refractivity contribution is 5.89. The Balaban J connectivity index is 2.35. The average Bonchev–Trinajstić information content (AvgIpc) is 2.29. The zero-order valence-corrected chi connectivity index (χ0v) is 9.95. The Morgan fingerprint density at radius 2 is 1.82 bits per heavy atom. The van der Waals surface area contributed by atoms with Crippen molar-refractivity contribution in [2.75, 3.05) is 5.32 Å². The fourth-order valence-corrected chi connectivity index (χ4v) is 1.80. The van der Waals surface area contributed by atoms with Gasteiger partial charge in [-0.3, -0.25) is 4.79 Å². The fourth-order valence-electron chi connectivity index (χ4n) is 1.80. The highest BCUT2D eigenvalue weighted by Gasteiger charge is 2.03. The molecule has 0 atom stereocenters. The van der Waals surface area contributed by atoms with E-state index in [0.717, 1.165) is 22.4 Å². The van der Waals surface area contributed by atoms with Crippen LogP contribution < -0.4 is 5.32 Å². The standard InChI is InChI=1S/C15H14NO/c1-11-10-14(16-12(2)17)8-9-15(11)13-6-4-3-5-7-13/h3-9H,1-2H3,(H,16,17). The number of carbonyl (C=O) groups excluding carboxylic acids is 1. The molecule has 2 aromatic carbocycles. The van der Waals surface area contributed by atoms with Crippen LogP contribution in [0.5, 0.6) is 0 Å². The van der Waals surface area contributed by atoms with Crippen LogP contribution in [0.2, 0.25) is 0 Å². The normalized spacial score (nSPS) is 10.0. The van der Waals surface area contributed by atoms with Gasteiger partial charge in [0.15, 0.2) is 0 Å². The highest BCUT2D eigenvalue weighted by Crippen LogP contribution is 2.25. The Hall–Kier alpha value is -2.09. The molecule has 0 aliphatic rings. The third-order valence-electron chi connectivity index (χ3n) is 2.54. The summed E-state index contributed by atoms with van der Waals surface area (Å²) in [5.74, 6) is -0.0758. The van der Waals surface area contributed by atoms with E-state index >= 15 is 0 Å². The van der Waals surface area contributed by atoms with Crippen LogP contribution in [0.3, 0.4) is 0 Å². The molecule has 1 amide bonds. The van der Waals surface area contributed by atoms with E-state index in [4.69, 9.17) is 0 Å². The van der Waals surface area contributed by atoms with Gasteiger partial charge in [0.1, 0.15) is 0 Å². The maximum Gasteiger partial charge on any atom is 0.221 e. The van der Waals surface area contributed by atoms with Gasteiger partial charge in [-0.05, 0) is 29.7 Å². The molecule has 2 rings (SSSR count). The summed E-state index contributed by atoms with van der Waals surface area (Å²) >= 11 is 0. The van der Waals surface area contributed by atoms with Crippen molar-refractivity contribution in [2.45, 2.75) is 13.8 Å². The minimum atomic E-state index is -0.0758. The Kier molecular flexibility index (Phi) is 3.24. The Morgan fingerprint density at radius 3 is 2.41 bits per heavy atom. The maximum absolute atomic E-state index is 10.9. The molecule has 0 aliphatic carbocycles. The molecule has 17 heavy (non-hydrogen) atoms. The van der Waals surface area contributed by atoms with Crippen LogP contribution in [0.4, 0.5) is 5.69 Å². The SMILES string of the molecule is CC(=O)Nc1[c]c(C)c(-c2ccccc2)cc1. The third kappa shape index (κ3) is 2.72. The van der Waals surface area contributed by atoms with Crippen LogP contribution in [0, 0.1) is 13.0 Å². The maximum atomic E-state index is 10.9. The lowest BCUT2D eigenvalue weighted by atomic mass is 10.0. The van der Waals surface area contributed by atoms with Crippen LogP contribution in [0.15, 0.2) is 42.5 Å². The molecule has 0 spiro atoms. The van der Waals surface area contributed by atoms with E-state index in [-0.39, 0.29) is 5.91 Å². The number of anilines is 1. The van der Waals surface area contributed by atoms with Gasteiger partial charge >= 0.3 is 0 Å². The first-order valence-corrected chi connectivity index (χ1v) is 5.53. The van der Waals surface area contributed by atoms with Crippen molar-refractivity contribution in [1.29, 1.82) is 0 Å². The smallest absolute Gasteiger partial charge is 0.221 e. The fraction of sp³-hybridized carbons (Fsp3) is 0.133. The van der Waals surface area contributed by atoms with E-state index in [9.17, 15) is 4.79 Å². The number of aryl methyl sites for hydroxylation is 1. The number of hydrogen-bond donors (Lipinski definition) is 1. The monoisotopic (exact) mass is 224 g/mol. The summed E-state index contributed by atoms with van der Waals surface area (Å²) in [5.41, 5.74) is 4.05. The third-order valence-corrected chi connectivity index (χ3v) is 2.54. The van der Waals surface area contributed by atoms with Crippen molar-refractivity contribution in [3.8, 4) is 11.1 Å². The minimum Gasteiger partial charge on any atom is -0.326 e. The van der Waals surface area contributed by atoms with Gasteiger partial charge in [0, 0.05) is 18.7 Å². The van der Waals surface area contributed by atoms with E-state index in [1.807, 2.05) is 37.3 Å². The van der Waals surface area contributed by atoms with Gasteiger partial charge < -0.3 is 5.32 Å². The van der Waals surface area contributed by atoms with Crippen LogP contribution in [0.1, 0.15) is 12.5 Å².